The Morgan fingerprint density at radius 2 is 1.83 bits per heavy atom. The fourth-order valence-electron chi connectivity index (χ4n) is 2.22. The number of nitrogens with one attached hydrogen (secondary N) is 1. The molecule has 0 aromatic heterocycles. The molecule has 0 radical (unpaired) electrons. The van der Waals surface area contributed by atoms with E-state index in [0.29, 0.717) is 5.75 Å². The molecule has 2 aromatic carbocycles. The van der Waals surface area contributed by atoms with Gasteiger partial charge in [-0.05, 0) is 49.2 Å². The van der Waals surface area contributed by atoms with E-state index in [1.165, 1.54) is 12.1 Å². The number of carbonyl (C=O) groups is 1. The second-order valence-corrected chi connectivity index (χ2v) is 7.75. The highest BCUT2D eigenvalue weighted by molar-refractivity contribution is 7.90. The van der Waals surface area contributed by atoms with Gasteiger partial charge in [0, 0.05) is 6.26 Å². The van der Waals surface area contributed by atoms with Gasteiger partial charge in [0.25, 0.3) is 5.91 Å². The van der Waals surface area contributed by atoms with Gasteiger partial charge < -0.3 is 10.1 Å². The Balaban J connectivity index is 1.91. The summed E-state index contributed by atoms with van der Waals surface area (Å²) in [6.07, 6.45) is 1.16. The van der Waals surface area contributed by atoms with Crippen molar-refractivity contribution in [1.82, 2.24) is 5.32 Å². The minimum atomic E-state index is -3.22. The SMILES string of the molecule is Cc1cccc(OCC(=O)N[C@@H](C)c2ccc(S(C)(=O)=O)cc2)c1. The van der Waals surface area contributed by atoms with Crippen LogP contribution < -0.4 is 10.1 Å². The van der Waals surface area contributed by atoms with Crippen molar-refractivity contribution >= 4 is 15.7 Å². The van der Waals surface area contributed by atoms with Crippen molar-refractivity contribution in [3.05, 3.63) is 59.7 Å². The molecule has 6 heteroatoms. The molecule has 0 aliphatic rings. The maximum absolute atomic E-state index is 12.0. The number of hydrogen-bond donors (Lipinski definition) is 1. The normalized spacial score (nSPS) is 12.5. The molecule has 2 aromatic rings. The molecule has 0 aliphatic heterocycles. The summed E-state index contributed by atoms with van der Waals surface area (Å²) in [7, 11) is -3.22. The van der Waals surface area contributed by atoms with Crippen LogP contribution in [0.25, 0.3) is 0 Å². The number of ether oxygens (including phenoxy) is 1. The third-order valence-electron chi connectivity index (χ3n) is 3.55. The molecule has 0 heterocycles. The first-order valence-corrected chi connectivity index (χ1v) is 9.44. The molecule has 0 saturated heterocycles. The number of rotatable bonds is 6. The molecule has 0 fully saturated rings. The van der Waals surface area contributed by atoms with E-state index in [1.807, 2.05) is 32.0 Å². The van der Waals surface area contributed by atoms with Gasteiger partial charge in [0.05, 0.1) is 10.9 Å². The molecule has 128 valence electrons. The highest BCUT2D eigenvalue weighted by Gasteiger charge is 2.12. The fourth-order valence-corrected chi connectivity index (χ4v) is 2.85. The third kappa shape index (κ3) is 5.09. The number of carbonyl (C=O) groups excluding carboxylic acids is 1. The van der Waals surface area contributed by atoms with Crippen LogP contribution >= 0.6 is 0 Å². The zero-order valence-corrected chi connectivity index (χ0v) is 14.8. The van der Waals surface area contributed by atoms with Crippen LogP contribution in [0.4, 0.5) is 0 Å². The first-order valence-electron chi connectivity index (χ1n) is 7.54. The van der Waals surface area contributed by atoms with Crippen molar-refractivity contribution in [3.63, 3.8) is 0 Å². The van der Waals surface area contributed by atoms with E-state index in [-0.39, 0.29) is 23.5 Å². The van der Waals surface area contributed by atoms with E-state index in [9.17, 15) is 13.2 Å². The van der Waals surface area contributed by atoms with Crippen LogP contribution in [0.15, 0.2) is 53.4 Å². The van der Waals surface area contributed by atoms with E-state index in [2.05, 4.69) is 5.32 Å². The third-order valence-corrected chi connectivity index (χ3v) is 4.67. The zero-order valence-electron chi connectivity index (χ0n) is 13.9. The predicted octanol–water partition coefficient (Wildman–Crippen LogP) is 2.65. The van der Waals surface area contributed by atoms with Crippen molar-refractivity contribution in [2.45, 2.75) is 24.8 Å². The van der Waals surface area contributed by atoms with E-state index in [4.69, 9.17) is 4.74 Å². The van der Waals surface area contributed by atoms with E-state index in [1.54, 1.807) is 18.2 Å². The van der Waals surface area contributed by atoms with Crippen LogP contribution in [0.2, 0.25) is 0 Å². The number of amides is 1. The van der Waals surface area contributed by atoms with Crippen LogP contribution in [0.1, 0.15) is 24.1 Å². The molecule has 0 spiro atoms. The standard InChI is InChI=1S/C18H21NO4S/c1-13-5-4-6-16(11-13)23-12-18(20)19-14(2)15-7-9-17(10-8-15)24(3,21)22/h4-11,14H,12H2,1-3H3,(H,19,20)/t14-/m0/s1. The van der Waals surface area contributed by atoms with Crippen molar-refractivity contribution in [1.29, 1.82) is 0 Å². The van der Waals surface area contributed by atoms with E-state index in [0.717, 1.165) is 17.4 Å². The summed E-state index contributed by atoms with van der Waals surface area (Å²) in [5.74, 6) is 0.409. The summed E-state index contributed by atoms with van der Waals surface area (Å²) >= 11 is 0. The van der Waals surface area contributed by atoms with Gasteiger partial charge >= 0.3 is 0 Å². The van der Waals surface area contributed by atoms with Crippen molar-refractivity contribution < 1.29 is 17.9 Å². The number of hydrogen-bond acceptors (Lipinski definition) is 4. The lowest BCUT2D eigenvalue weighted by atomic mass is 10.1. The van der Waals surface area contributed by atoms with E-state index >= 15 is 0 Å². The lowest BCUT2D eigenvalue weighted by molar-refractivity contribution is -0.123. The molecule has 0 saturated carbocycles. The largest absolute Gasteiger partial charge is 0.484 e. The summed E-state index contributed by atoms with van der Waals surface area (Å²) < 4.78 is 28.4. The van der Waals surface area contributed by atoms with Crippen LogP contribution in [-0.2, 0) is 14.6 Å². The minimum absolute atomic E-state index is 0.0742. The van der Waals surface area contributed by atoms with Gasteiger partial charge in [0.2, 0.25) is 0 Å². The molecular formula is C18H21NO4S. The lowest BCUT2D eigenvalue weighted by Crippen LogP contribution is -2.31. The summed E-state index contributed by atoms with van der Waals surface area (Å²) in [6.45, 7) is 3.71. The van der Waals surface area contributed by atoms with Gasteiger partial charge in [-0.25, -0.2) is 8.42 Å². The molecule has 1 amide bonds. The smallest absolute Gasteiger partial charge is 0.258 e. The second kappa shape index (κ2) is 7.49. The molecule has 0 aliphatic carbocycles. The molecule has 1 N–H and O–H groups in total. The van der Waals surface area contributed by atoms with Gasteiger partial charge in [0.15, 0.2) is 16.4 Å². The highest BCUT2D eigenvalue weighted by atomic mass is 32.2. The first-order chi connectivity index (χ1) is 11.3. The number of aryl methyl sites for hydroxylation is 1. The van der Waals surface area contributed by atoms with Gasteiger partial charge in [-0.1, -0.05) is 24.3 Å². The van der Waals surface area contributed by atoms with Gasteiger partial charge in [-0.15, -0.1) is 0 Å². The molecule has 5 nitrogen and oxygen atoms in total. The molecular weight excluding hydrogens is 326 g/mol. The lowest BCUT2D eigenvalue weighted by Gasteiger charge is -2.15. The Labute approximate surface area is 142 Å². The Morgan fingerprint density at radius 3 is 2.42 bits per heavy atom. The summed E-state index contributed by atoms with van der Waals surface area (Å²) in [5, 5.41) is 2.83. The summed E-state index contributed by atoms with van der Waals surface area (Å²) in [4.78, 5) is 12.2. The number of benzene rings is 2. The Morgan fingerprint density at radius 1 is 1.17 bits per heavy atom. The molecule has 2 rings (SSSR count). The van der Waals surface area contributed by atoms with Crippen molar-refractivity contribution in [2.24, 2.45) is 0 Å². The van der Waals surface area contributed by atoms with Crippen LogP contribution in [0.3, 0.4) is 0 Å². The molecule has 0 unspecified atom stereocenters. The van der Waals surface area contributed by atoms with Crippen molar-refractivity contribution in [3.8, 4) is 5.75 Å². The quantitative estimate of drug-likeness (QED) is 0.872. The van der Waals surface area contributed by atoms with Crippen LogP contribution in [0, 0.1) is 6.92 Å². The average Bonchev–Trinajstić information content (AvgIpc) is 2.52. The van der Waals surface area contributed by atoms with Gasteiger partial charge in [-0.3, -0.25) is 4.79 Å². The van der Waals surface area contributed by atoms with Crippen LogP contribution in [-0.4, -0.2) is 27.2 Å². The predicted molar refractivity (Wildman–Crippen MR) is 92.8 cm³/mol. The maximum atomic E-state index is 12.0. The Kier molecular flexibility index (Phi) is 5.62. The second-order valence-electron chi connectivity index (χ2n) is 5.74. The molecule has 0 bridgehead atoms. The topological polar surface area (TPSA) is 72.5 Å². The monoisotopic (exact) mass is 347 g/mol. The van der Waals surface area contributed by atoms with E-state index < -0.39 is 9.84 Å². The fraction of sp³-hybridized carbons (Fsp3) is 0.278. The van der Waals surface area contributed by atoms with Gasteiger partial charge in [0.1, 0.15) is 5.75 Å². The van der Waals surface area contributed by atoms with Crippen LogP contribution in [0.5, 0.6) is 5.75 Å². The number of sulfone groups is 1. The molecule has 24 heavy (non-hydrogen) atoms. The Bertz CT molecular complexity index is 813. The zero-order chi connectivity index (χ0) is 17.7. The Hall–Kier alpha value is -2.34. The highest BCUT2D eigenvalue weighted by Crippen LogP contribution is 2.16. The summed E-state index contributed by atoms with van der Waals surface area (Å²) in [6, 6.07) is 13.7. The minimum Gasteiger partial charge on any atom is -0.484 e. The average molecular weight is 347 g/mol. The molecule has 1 atom stereocenters. The summed E-state index contributed by atoms with van der Waals surface area (Å²) in [5.41, 5.74) is 1.89. The first kappa shape index (κ1) is 18.0. The van der Waals surface area contributed by atoms with Gasteiger partial charge in [-0.2, -0.15) is 0 Å². The maximum Gasteiger partial charge on any atom is 0.258 e. The van der Waals surface area contributed by atoms with Crippen molar-refractivity contribution in [2.75, 3.05) is 12.9 Å².